The molecule has 0 spiro atoms. The second-order valence-electron chi connectivity index (χ2n) is 5.52. The minimum Gasteiger partial charge on any atom is -0.341 e. The molecule has 4 nitrogen and oxygen atoms in total. The first-order valence-electron chi connectivity index (χ1n) is 7.13. The van der Waals surface area contributed by atoms with Crippen molar-refractivity contribution in [1.29, 1.82) is 0 Å². The molecule has 1 saturated carbocycles. The van der Waals surface area contributed by atoms with E-state index in [-0.39, 0.29) is 5.91 Å². The topological polar surface area (TPSA) is 58.4 Å². The van der Waals surface area contributed by atoms with Gasteiger partial charge in [0.1, 0.15) is 0 Å². The van der Waals surface area contributed by atoms with E-state index in [1.54, 1.807) is 23.1 Å². The molecule has 0 atom stereocenters. The average molecular weight is 296 g/mol. The van der Waals surface area contributed by atoms with Gasteiger partial charge in [0.2, 0.25) is 0 Å². The number of hydrogen-bond acceptors (Lipinski definition) is 3. The maximum absolute atomic E-state index is 12.5. The molecule has 1 amide bonds. The summed E-state index contributed by atoms with van der Waals surface area (Å²) in [5.74, 6) is 6.04. The van der Waals surface area contributed by atoms with Gasteiger partial charge in [0, 0.05) is 18.6 Å². The molecule has 1 fully saturated rings. The first kappa shape index (κ1) is 15.1. The van der Waals surface area contributed by atoms with Gasteiger partial charge >= 0.3 is 0 Å². The molecule has 3 N–H and O–H groups in total. The van der Waals surface area contributed by atoms with E-state index in [1.165, 1.54) is 32.1 Å². The number of nitrogen functional groups attached to an aromatic ring is 1. The summed E-state index contributed by atoms with van der Waals surface area (Å²) in [5.41, 5.74) is 3.69. The molecule has 0 unspecified atom stereocenters. The third kappa shape index (κ3) is 3.64. The molecule has 0 saturated heterocycles. The maximum Gasteiger partial charge on any atom is 0.255 e. The molecule has 2 rings (SSSR count). The highest BCUT2D eigenvalue weighted by Gasteiger charge is 2.21. The molecule has 1 aromatic rings. The van der Waals surface area contributed by atoms with E-state index in [0.717, 1.165) is 6.54 Å². The van der Waals surface area contributed by atoms with Crippen molar-refractivity contribution in [3.8, 4) is 0 Å². The molecular formula is C15H22ClN3O. The zero-order chi connectivity index (χ0) is 14.5. The van der Waals surface area contributed by atoms with Crippen molar-refractivity contribution in [3.63, 3.8) is 0 Å². The molecule has 1 aliphatic rings. The van der Waals surface area contributed by atoms with Crippen LogP contribution in [0.5, 0.6) is 0 Å². The Morgan fingerprint density at radius 1 is 1.40 bits per heavy atom. The third-order valence-corrected chi connectivity index (χ3v) is 4.21. The fraction of sp³-hybridized carbons (Fsp3) is 0.533. The van der Waals surface area contributed by atoms with Crippen molar-refractivity contribution >= 4 is 23.2 Å². The van der Waals surface area contributed by atoms with Gasteiger partial charge in [-0.15, -0.1) is 0 Å². The summed E-state index contributed by atoms with van der Waals surface area (Å²) in [6, 6.07) is 5.11. The number of nitrogens with zero attached hydrogens (tertiary/aromatic N) is 1. The number of hydrazine groups is 1. The van der Waals surface area contributed by atoms with Crippen LogP contribution in [0.25, 0.3) is 0 Å². The summed E-state index contributed by atoms with van der Waals surface area (Å²) >= 11 is 5.98. The maximum atomic E-state index is 12.5. The molecule has 5 heteroatoms. The van der Waals surface area contributed by atoms with Crippen molar-refractivity contribution in [2.24, 2.45) is 11.8 Å². The molecule has 1 aromatic carbocycles. The molecule has 110 valence electrons. The standard InChI is InChI=1S/C15H22ClN3O/c1-19(10-11-5-3-2-4-6-11)15(20)13-9-12(16)7-8-14(13)18-17/h7-9,11,18H,2-6,10,17H2,1H3. The van der Waals surface area contributed by atoms with Gasteiger partial charge in [0.05, 0.1) is 11.3 Å². The van der Waals surface area contributed by atoms with E-state index in [1.807, 2.05) is 7.05 Å². The van der Waals surface area contributed by atoms with Gasteiger partial charge in [-0.05, 0) is 37.0 Å². The molecule has 1 aliphatic carbocycles. The molecule has 0 aliphatic heterocycles. The summed E-state index contributed by atoms with van der Waals surface area (Å²) in [5, 5.41) is 0.540. The number of benzene rings is 1. The Balaban J connectivity index is 2.07. The highest BCUT2D eigenvalue weighted by atomic mass is 35.5. The van der Waals surface area contributed by atoms with Crippen LogP contribution < -0.4 is 11.3 Å². The van der Waals surface area contributed by atoms with Crippen LogP contribution in [0, 0.1) is 5.92 Å². The van der Waals surface area contributed by atoms with E-state index in [4.69, 9.17) is 17.4 Å². The number of anilines is 1. The number of nitrogens with two attached hydrogens (primary N) is 1. The monoisotopic (exact) mass is 295 g/mol. The second kappa shape index (κ2) is 6.95. The first-order chi connectivity index (χ1) is 9.61. The third-order valence-electron chi connectivity index (χ3n) is 3.97. The number of hydrogen-bond donors (Lipinski definition) is 2. The zero-order valence-electron chi connectivity index (χ0n) is 11.9. The number of amides is 1. The zero-order valence-corrected chi connectivity index (χ0v) is 12.6. The number of carbonyl (C=O) groups excluding carboxylic acids is 1. The fourth-order valence-electron chi connectivity index (χ4n) is 2.86. The summed E-state index contributed by atoms with van der Waals surface area (Å²) in [4.78, 5) is 14.3. The lowest BCUT2D eigenvalue weighted by atomic mass is 9.89. The van der Waals surface area contributed by atoms with Crippen LogP contribution in [0.15, 0.2) is 18.2 Å². The quantitative estimate of drug-likeness (QED) is 0.662. The van der Waals surface area contributed by atoms with Crippen LogP contribution in [-0.4, -0.2) is 24.4 Å². The normalized spacial score (nSPS) is 15.9. The average Bonchev–Trinajstić information content (AvgIpc) is 2.47. The van der Waals surface area contributed by atoms with Gasteiger partial charge < -0.3 is 10.3 Å². The lowest BCUT2D eigenvalue weighted by Gasteiger charge is -2.27. The minimum absolute atomic E-state index is 0.0361. The smallest absolute Gasteiger partial charge is 0.255 e. The predicted molar refractivity (Wildman–Crippen MR) is 82.8 cm³/mol. The first-order valence-corrected chi connectivity index (χ1v) is 7.51. The number of rotatable bonds is 4. The summed E-state index contributed by atoms with van der Waals surface area (Å²) in [6.45, 7) is 0.801. The van der Waals surface area contributed by atoms with E-state index in [2.05, 4.69) is 5.43 Å². The Bertz CT molecular complexity index is 472. The number of carbonyl (C=O) groups is 1. The van der Waals surface area contributed by atoms with E-state index in [0.29, 0.717) is 22.2 Å². The van der Waals surface area contributed by atoms with Crippen LogP contribution in [0.1, 0.15) is 42.5 Å². The highest BCUT2D eigenvalue weighted by Crippen LogP contribution is 2.26. The van der Waals surface area contributed by atoms with Crippen molar-refractivity contribution in [2.75, 3.05) is 19.0 Å². The Morgan fingerprint density at radius 3 is 2.75 bits per heavy atom. The van der Waals surface area contributed by atoms with Gasteiger partial charge in [-0.25, -0.2) is 0 Å². The molecule has 0 radical (unpaired) electrons. The summed E-state index contributed by atoms with van der Waals surface area (Å²) in [7, 11) is 1.85. The number of nitrogens with one attached hydrogen (secondary N) is 1. The van der Waals surface area contributed by atoms with Crippen LogP contribution in [-0.2, 0) is 0 Å². The predicted octanol–water partition coefficient (Wildman–Crippen LogP) is 3.28. The van der Waals surface area contributed by atoms with Crippen LogP contribution in [0.4, 0.5) is 5.69 Å². The molecule has 0 heterocycles. The van der Waals surface area contributed by atoms with Crippen molar-refractivity contribution in [3.05, 3.63) is 28.8 Å². The number of halogens is 1. The van der Waals surface area contributed by atoms with Gasteiger partial charge in [0.25, 0.3) is 5.91 Å². The van der Waals surface area contributed by atoms with Crippen LogP contribution in [0.3, 0.4) is 0 Å². The van der Waals surface area contributed by atoms with E-state index >= 15 is 0 Å². The Hall–Kier alpha value is -1.26. The van der Waals surface area contributed by atoms with Crippen molar-refractivity contribution in [1.82, 2.24) is 4.90 Å². The van der Waals surface area contributed by atoms with E-state index in [9.17, 15) is 4.79 Å². The second-order valence-corrected chi connectivity index (χ2v) is 5.96. The van der Waals surface area contributed by atoms with Crippen LogP contribution in [0.2, 0.25) is 5.02 Å². The van der Waals surface area contributed by atoms with Crippen molar-refractivity contribution in [2.45, 2.75) is 32.1 Å². The lowest BCUT2D eigenvalue weighted by Crippen LogP contribution is -2.33. The Kier molecular flexibility index (Phi) is 5.26. The van der Waals surface area contributed by atoms with Crippen molar-refractivity contribution < 1.29 is 4.79 Å². The van der Waals surface area contributed by atoms with E-state index < -0.39 is 0 Å². The largest absolute Gasteiger partial charge is 0.341 e. The molecule has 0 bridgehead atoms. The van der Waals surface area contributed by atoms with Gasteiger partial charge in [-0.3, -0.25) is 10.6 Å². The fourth-order valence-corrected chi connectivity index (χ4v) is 3.04. The SMILES string of the molecule is CN(CC1CCCCC1)C(=O)c1cc(Cl)ccc1NN. The minimum atomic E-state index is -0.0361. The molecule has 20 heavy (non-hydrogen) atoms. The van der Waals surface area contributed by atoms with Crippen LogP contribution >= 0.6 is 11.6 Å². The van der Waals surface area contributed by atoms with Gasteiger partial charge in [-0.1, -0.05) is 30.9 Å². The Labute approximate surface area is 125 Å². The van der Waals surface area contributed by atoms with Gasteiger partial charge in [-0.2, -0.15) is 0 Å². The lowest BCUT2D eigenvalue weighted by molar-refractivity contribution is 0.0761. The molecule has 0 aromatic heterocycles. The Morgan fingerprint density at radius 2 is 2.10 bits per heavy atom. The summed E-state index contributed by atoms with van der Waals surface area (Å²) < 4.78 is 0. The van der Waals surface area contributed by atoms with Gasteiger partial charge in [0.15, 0.2) is 0 Å². The highest BCUT2D eigenvalue weighted by molar-refractivity contribution is 6.31. The summed E-state index contributed by atoms with van der Waals surface area (Å²) in [6.07, 6.45) is 6.31. The molecular weight excluding hydrogens is 274 g/mol.